The normalized spacial score (nSPS) is 15.6. The molecule has 3 N–H and O–H groups in total. The third-order valence-electron chi connectivity index (χ3n) is 5.25. The number of benzene rings is 1. The van der Waals surface area contributed by atoms with Gasteiger partial charge in [-0.2, -0.15) is 0 Å². The maximum absolute atomic E-state index is 9.63. The van der Waals surface area contributed by atoms with Gasteiger partial charge in [0.2, 0.25) is 0 Å². The van der Waals surface area contributed by atoms with Gasteiger partial charge in [0.25, 0.3) is 0 Å². The Morgan fingerprint density at radius 1 is 1.20 bits per heavy atom. The van der Waals surface area contributed by atoms with Crippen molar-refractivity contribution in [1.29, 1.82) is 0 Å². The van der Waals surface area contributed by atoms with E-state index in [4.69, 9.17) is 0 Å². The summed E-state index contributed by atoms with van der Waals surface area (Å²) >= 11 is 1.79. The molecule has 0 aliphatic carbocycles. The monoisotopic (exact) mass is 543 g/mol. The lowest BCUT2D eigenvalue weighted by atomic mass is 10.1. The number of hydrogen-bond donors (Lipinski definition) is 3. The smallest absolute Gasteiger partial charge is 0.191 e. The molecule has 0 spiro atoms. The van der Waals surface area contributed by atoms with Crippen molar-refractivity contribution in [3.8, 4) is 0 Å². The second-order valence-corrected chi connectivity index (χ2v) is 8.70. The van der Waals surface area contributed by atoms with Gasteiger partial charge >= 0.3 is 0 Å². The van der Waals surface area contributed by atoms with Crippen molar-refractivity contribution in [2.75, 3.05) is 26.7 Å². The molecule has 30 heavy (non-hydrogen) atoms. The van der Waals surface area contributed by atoms with E-state index in [1.807, 2.05) is 6.20 Å². The zero-order chi connectivity index (χ0) is 20.5. The lowest BCUT2D eigenvalue weighted by Gasteiger charge is -2.29. The average Bonchev–Trinajstić information content (AvgIpc) is 3.21. The highest BCUT2D eigenvalue weighted by Crippen LogP contribution is 2.15. The second-order valence-electron chi connectivity index (χ2n) is 7.50. The Hall–Kier alpha value is -1.23. The lowest BCUT2D eigenvalue weighted by molar-refractivity contribution is 0.0792. The molecule has 1 aromatic heterocycles. The van der Waals surface area contributed by atoms with Crippen LogP contribution in [0.5, 0.6) is 0 Å². The van der Waals surface area contributed by atoms with Gasteiger partial charge in [0.05, 0.1) is 11.1 Å². The standard InChI is InChI=1S/C22H33N5OS.HI/c1-3-20-15-25-21(29-20)8-11-24-22(23-2)26-14-17-4-6-18(7-5-17)16-27-12-9-19(28)10-13-27;/h4-7,15,19,28H,3,8-14,16H2,1-2H3,(H2,23,24,26);1H. The Morgan fingerprint density at radius 3 is 2.53 bits per heavy atom. The van der Waals surface area contributed by atoms with Crippen LogP contribution in [0, 0.1) is 0 Å². The zero-order valence-electron chi connectivity index (χ0n) is 17.9. The molecule has 8 heteroatoms. The van der Waals surface area contributed by atoms with E-state index in [0.29, 0.717) is 0 Å². The number of aliphatic hydroxyl groups excluding tert-OH is 1. The molecule has 1 fully saturated rings. The zero-order valence-corrected chi connectivity index (χ0v) is 21.1. The van der Waals surface area contributed by atoms with Crippen LogP contribution in [-0.2, 0) is 25.9 Å². The topological polar surface area (TPSA) is 72.8 Å². The number of guanidine groups is 1. The minimum atomic E-state index is -0.113. The Morgan fingerprint density at radius 2 is 1.90 bits per heavy atom. The summed E-state index contributed by atoms with van der Waals surface area (Å²) in [6.45, 7) is 6.64. The van der Waals surface area contributed by atoms with Gasteiger partial charge in [-0.05, 0) is 30.4 Å². The van der Waals surface area contributed by atoms with E-state index in [1.54, 1.807) is 18.4 Å². The Balaban J connectivity index is 0.00000320. The van der Waals surface area contributed by atoms with Crippen LogP contribution >= 0.6 is 35.3 Å². The molecule has 1 aromatic carbocycles. The molecule has 0 atom stereocenters. The molecular formula is C22H34IN5OS. The molecule has 6 nitrogen and oxygen atoms in total. The number of aromatic nitrogens is 1. The van der Waals surface area contributed by atoms with Crippen molar-refractivity contribution < 1.29 is 5.11 Å². The van der Waals surface area contributed by atoms with Crippen molar-refractivity contribution in [3.05, 3.63) is 51.5 Å². The van der Waals surface area contributed by atoms with Gasteiger partial charge in [-0.15, -0.1) is 35.3 Å². The minimum Gasteiger partial charge on any atom is -0.393 e. The first kappa shape index (κ1) is 25.0. The van der Waals surface area contributed by atoms with Gasteiger partial charge in [-0.1, -0.05) is 31.2 Å². The Bertz CT molecular complexity index is 772. The molecular weight excluding hydrogens is 509 g/mol. The van der Waals surface area contributed by atoms with Crippen LogP contribution in [0.1, 0.15) is 40.8 Å². The van der Waals surface area contributed by atoms with Gasteiger partial charge in [-0.25, -0.2) is 4.98 Å². The highest BCUT2D eigenvalue weighted by Gasteiger charge is 2.16. The molecule has 2 aromatic rings. The third kappa shape index (κ3) is 8.13. The van der Waals surface area contributed by atoms with E-state index in [9.17, 15) is 5.11 Å². The van der Waals surface area contributed by atoms with Crippen LogP contribution in [0.2, 0.25) is 0 Å². The summed E-state index contributed by atoms with van der Waals surface area (Å²) in [5, 5.41) is 17.5. The summed E-state index contributed by atoms with van der Waals surface area (Å²) < 4.78 is 0. The third-order valence-corrected chi connectivity index (χ3v) is 6.45. The first-order valence-corrected chi connectivity index (χ1v) is 11.3. The van der Waals surface area contributed by atoms with E-state index >= 15 is 0 Å². The summed E-state index contributed by atoms with van der Waals surface area (Å²) in [6, 6.07) is 8.75. The first-order chi connectivity index (χ1) is 14.2. The number of thiazole rings is 1. The lowest BCUT2D eigenvalue weighted by Crippen LogP contribution is -2.37. The van der Waals surface area contributed by atoms with Crippen molar-refractivity contribution in [2.45, 2.75) is 51.8 Å². The quantitative estimate of drug-likeness (QED) is 0.271. The fourth-order valence-corrected chi connectivity index (χ4v) is 4.28. The van der Waals surface area contributed by atoms with Crippen molar-refractivity contribution >= 4 is 41.3 Å². The SMILES string of the molecule is CCc1cnc(CCNC(=NC)NCc2ccc(CN3CCC(O)CC3)cc2)s1.I. The molecule has 0 amide bonds. The molecule has 0 saturated carbocycles. The number of aliphatic imine (C=N–C) groups is 1. The van der Waals surface area contributed by atoms with E-state index in [2.05, 4.69) is 56.7 Å². The number of nitrogens with one attached hydrogen (secondary N) is 2. The predicted molar refractivity (Wildman–Crippen MR) is 136 cm³/mol. The van der Waals surface area contributed by atoms with Gasteiger partial charge < -0.3 is 15.7 Å². The summed E-state index contributed by atoms with van der Waals surface area (Å²) in [4.78, 5) is 12.5. The van der Waals surface area contributed by atoms with Crippen LogP contribution in [-0.4, -0.2) is 53.7 Å². The highest BCUT2D eigenvalue weighted by atomic mass is 127. The first-order valence-electron chi connectivity index (χ1n) is 10.5. The molecule has 1 saturated heterocycles. The van der Waals surface area contributed by atoms with E-state index < -0.39 is 0 Å². The van der Waals surface area contributed by atoms with E-state index in [1.165, 1.54) is 21.0 Å². The van der Waals surface area contributed by atoms with Crippen LogP contribution in [0.25, 0.3) is 0 Å². The molecule has 166 valence electrons. The van der Waals surface area contributed by atoms with Crippen molar-refractivity contribution in [2.24, 2.45) is 4.99 Å². The van der Waals surface area contributed by atoms with Crippen LogP contribution in [0.3, 0.4) is 0 Å². The molecule has 2 heterocycles. The van der Waals surface area contributed by atoms with Gasteiger partial charge in [-0.3, -0.25) is 9.89 Å². The van der Waals surface area contributed by atoms with Gasteiger partial charge in [0.1, 0.15) is 0 Å². The van der Waals surface area contributed by atoms with Crippen LogP contribution in [0.15, 0.2) is 35.5 Å². The maximum Gasteiger partial charge on any atom is 0.191 e. The second kappa shape index (κ2) is 13.2. The number of rotatable bonds is 8. The fourth-order valence-electron chi connectivity index (χ4n) is 3.42. The number of aryl methyl sites for hydroxylation is 1. The van der Waals surface area contributed by atoms with Gasteiger partial charge in [0, 0.05) is 57.3 Å². The highest BCUT2D eigenvalue weighted by molar-refractivity contribution is 14.0. The summed E-state index contributed by atoms with van der Waals surface area (Å²) in [5.41, 5.74) is 2.56. The fraction of sp³-hybridized carbons (Fsp3) is 0.545. The predicted octanol–water partition coefficient (Wildman–Crippen LogP) is 3.19. The molecule has 1 aliphatic rings. The van der Waals surface area contributed by atoms with E-state index in [-0.39, 0.29) is 30.1 Å². The van der Waals surface area contributed by atoms with Crippen molar-refractivity contribution in [3.63, 3.8) is 0 Å². The Labute approximate surface area is 201 Å². The molecule has 3 rings (SSSR count). The molecule has 0 bridgehead atoms. The average molecular weight is 544 g/mol. The van der Waals surface area contributed by atoms with Crippen molar-refractivity contribution in [1.82, 2.24) is 20.5 Å². The summed E-state index contributed by atoms with van der Waals surface area (Å²) in [6.07, 6.45) is 5.60. The van der Waals surface area contributed by atoms with Crippen LogP contribution in [0.4, 0.5) is 0 Å². The Kier molecular flexibility index (Phi) is 11.0. The number of halogens is 1. The summed E-state index contributed by atoms with van der Waals surface area (Å²) in [5.74, 6) is 0.813. The van der Waals surface area contributed by atoms with E-state index in [0.717, 1.165) is 64.4 Å². The number of aliphatic hydroxyl groups is 1. The van der Waals surface area contributed by atoms with Crippen LogP contribution < -0.4 is 10.6 Å². The van der Waals surface area contributed by atoms with Gasteiger partial charge in [0.15, 0.2) is 5.96 Å². The maximum atomic E-state index is 9.63. The number of piperidine rings is 1. The molecule has 1 aliphatic heterocycles. The minimum absolute atomic E-state index is 0. The number of nitrogens with zero attached hydrogens (tertiary/aromatic N) is 3. The number of hydrogen-bond acceptors (Lipinski definition) is 5. The largest absolute Gasteiger partial charge is 0.393 e. The summed E-state index contributed by atoms with van der Waals surface area (Å²) in [7, 11) is 1.80. The molecule has 0 radical (unpaired) electrons. The number of likely N-dealkylation sites (tertiary alicyclic amines) is 1. The molecule has 0 unspecified atom stereocenters.